The number of hydrogen-bond acceptors (Lipinski definition) is 4. The Kier molecular flexibility index (Phi) is 7.03. The first kappa shape index (κ1) is 15.5. The summed E-state index contributed by atoms with van der Waals surface area (Å²) in [6.45, 7) is 5.65. The summed E-state index contributed by atoms with van der Waals surface area (Å²) in [5.41, 5.74) is -0.369. The molecule has 4 heteroatoms. The molecule has 0 amide bonds. The maximum atomic E-state index is 11.6. The summed E-state index contributed by atoms with van der Waals surface area (Å²) in [7, 11) is 1.32. The Morgan fingerprint density at radius 2 is 1.88 bits per heavy atom. The summed E-state index contributed by atoms with van der Waals surface area (Å²) >= 11 is 4.54. The van der Waals surface area contributed by atoms with E-state index in [1.54, 1.807) is 19.1 Å². The van der Waals surface area contributed by atoms with Gasteiger partial charge in [0.2, 0.25) is 0 Å². The SMILES string of the molecule is CC.COC(=O)C(C)(N=C=S)c1ccccc1. The number of aliphatic imine (C=N–C) groups is 1. The predicted octanol–water partition coefficient (Wildman–Crippen LogP) is 3.20. The summed E-state index contributed by atoms with van der Waals surface area (Å²) in [5, 5.41) is 2.23. The maximum absolute atomic E-state index is 11.6. The molecule has 0 fully saturated rings. The Balaban J connectivity index is 0.00000121. The second-order valence-electron chi connectivity index (χ2n) is 3.13. The number of methoxy groups -OCH3 is 1. The van der Waals surface area contributed by atoms with Gasteiger partial charge in [-0.05, 0) is 24.7 Å². The molecular weight excluding hydrogens is 234 g/mol. The van der Waals surface area contributed by atoms with Gasteiger partial charge in [0, 0.05) is 0 Å². The van der Waals surface area contributed by atoms with Crippen molar-refractivity contribution in [1.82, 2.24) is 0 Å². The van der Waals surface area contributed by atoms with Gasteiger partial charge in [-0.1, -0.05) is 44.2 Å². The number of ether oxygens (including phenoxy) is 1. The van der Waals surface area contributed by atoms with E-state index in [1.807, 2.05) is 32.0 Å². The quantitative estimate of drug-likeness (QED) is 0.470. The number of thiocarbonyl (C=S) groups is 1. The lowest BCUT2D eigenvalue weighted by Gasteiger charge is -2.20. The molecule has 0 N–H and O–H groups in total. The van der Waals surface area contributed by atoms with E-state index in [1.165, 1.54) is 7.11 Å². The third kappa shape index (κ3) is 3.77. The predicted molar refractivity (Wildman–Crippen MR) is 72.2 cm³/mol. The monoisotopic (exact) mass is 251 g/mol. The molecule has 1 unspecified atom stereocenters. The Bertz CT molecular complexity index is 399. The highest BCUT2D eigenvalue weighted by atomic mass is 32.1. The molecule has 0 saturated heterocycles. The molecule has 1 aromatic carbocycles. The van der Waals surface area contributed by atoms with E-state index in [2.05, 4.69) is 22.4 Å². The average molecular weight is 251 g/mol. The number of carbonyl (C=O) groups is 1. The van der Waals surface area contributed by atoms with Crippen molar-refractivity contribution in [1.29, 1.82) is 0 Å². The first-order chi connectivity index (χ1) is 8.15. The first-order valence-electron chi connectivity index (χ1n) is 5.38. The van der Waals surface area contributed by atoms with E-state index in [9.17, 15) is 4.79 Å². The van der Waals surface area contributed by atoms with E-state index < -0.39 is 11.5 Å². The number of isothiocyanates is 1. The van der Waals surface area contributed by atoms with E-state index in [4.69, 9.17) is 4.74 Å². The minimum Gasteiger partial charge on any atom is -0.467 e. The van der Waals surface area contributed by atoms with Crippen LogP contribution in [-0.4, -0.2) is 18.2 Å². The van der Waals surface area contributed by atoms with Crippen LogP contribution in [0.25, 0.3) is 0 Å². The fraction of sp³-hybridized carbons (Fsp3) is 0.385. The smallest absolute Gasteiger partial charge is 0.338 e. The molecule has 17 heavy (non-hydrogen) atoms. The van der Waals surface area contributed by atoms with Crippen LogP contribution in [0.1, 0.15) is 26.3 Å². The summed E-state index contributed by atoms with van der Waals surface area (Å²) in [6.07, 6.45) is 0. The zero-order chi connectivity index (χ0) is 13.3. The first-order valence-corrected chi connectivity index (χ1v) is 5.79. The minimum absolute atomic E-state index is 0.453. The van der Waals surface area contributed by atoms with Gasteiger partial charge in [-0.3, -0.25) is 0 Å². The van der Waals surface area contributed by atoms with Crippen LogP contribution in [0.2, 0.25) is 0 Å². The standard InChI is InChI=1S/C11H11NO2S.C2H6/c1-11(12-8-15,10(13)14-2)9-6-4-3-5-7-9;1-2/h3-7H,1-2H3;1-2H3. The van der Waals surface area contributed by atoms with Crippen molar-refractivity contribution in [3.63, 3.8) is 0 Å². The maximum Gasteiger partial charge on any atom is 0.338 e. The Morgan fingerprint density at radius 1 is 1.35 bits per heavy atom. The van der Waals surface area contributed by atoms with Gasteiger partial charge in [-0.15, -0.1) is 0 Å². The van der Waals surface area contributed by atoms with Crippen molar-refractivity contribution in [3.05, 3.63) is 35.9 Å². The van der Waals surface area contributed by atoms with Gasteiger partial charge >= 0.3 is 5.97 Å². The van der Waals surface area contributed by atoms with Gasteiger partial charge in [-0.2, -0.15) is 0 Å². The van der Waals surface area contributed by atoms with Crippen molar-refractivity contribution in [3.8, 4) is 0 Å². The van der Waals surface area contributed by atoms with Gasteiger partial charge < -0.3 is 4.74 Å². The second-order valence-corrected chi connectivity index (χ2v) is 3.32. The molecule has 0 aliphatic rings. The normalized spacial score (nSPS) is 12.2. The summed E-state index contributed by atoms with van der Waals surface area (Å²) in [6, 6.07) is 9.12. The van der Waals surface area contributed by atoms with Gasteiger partial charge in [0.05, 0.1) is 12.3 Å². The van der Waals surface area contributed by atoms with Crippen LogP contribution in [0.3, 0.4) is 0 Å². The molecule has 1 aromatic rings. The third-order valence-corrected chi connectivity index (χ3v) is 2.28. The summed E-state index contributed by atoms with van der Waals surface area (Å²) < 4.78 is 4.70. The van der Waals surface area contributed by atoms with Crippen molar-refractivity contribution in [2.24, 2.45) is 4.99 Å². The molecule has 92 valence electrons. The molecule has 0 saturated carbocycles. The molecule has 0 radical (unpaired) electrons. The van der Waals surface area contributed by atoms with E-state index in [0.717, 1.165) is 5.56 Å². The Morgan fingerprint density at radius 3 is 2.29 bits per heavy atom. The minimum atomic E-state index is -1.10. The van der Waals surface area contributed by atoms with Gasteiger partial charge in [0.25, 0.3) is 0 Å². The van der Waals surface area contributed by atoms with Gasteiger partial charge in [0.1, 0.15) is 0 Å². The lowest BCUT2D eigenvalue weighted by Crippen LogP contribution is -2.31. The van der Waals surface area contributed by atoms with Gasteiger partial charge in [-0.25, -0.2) is 9.79 Å². The topological polar surface area (TPSA) is 38.7 Å². The number of benzene rings is 1. The molecule has 1 rings (SSSR count). The average Bonchev–Trinajstić information content (AvgIpc) is 2.41. The number of nitrogens with zero attached hydrogens (tertiary/aromatic N) is 1. The van der Waals surface area contributed by atoms with Crippen LogP contribution < -0.4 is 0 Å². The summed E-state index contributed by atoms with van der Waals surface area (Å²) in [5.74, 6) is -0.453. The second kappa shape index (κ2) is 7.71. The van der Waals surface area contributed by atoms with E-state index in [-0.39, 0.29) is 0 Å². The molecule has 0 aromatic heterocycles. The lowest BCUT2D eigenvalue weighted by molar-refractivity contribution is -0.146. The molecular formula is C13H17NO2S. The number of hydrogen-bond donors (Lipinski definition) is 0. The zero-order valence-corrected chi connectivity index (χ0v) is 11.4. The van der Waals surface area contributed by atoms with E-state index in [0.29, 0.717) is 0 Å². The van der Waals surface area contributed by atoms with Crippen LogP contribution >= 0.6 is 12.2 Å². The molecule has 0 bridgehead atoms. The molecule has 0 heterocycles. The van der Waals surface area contributed by atoms with Crippen LogP contribution in [0.15, 0.2) is 35.3 Å². The van der Waals surface area contributed by atoms with Gasteiger partial charge in [0.15, 0.2) is 5.54 Å². The largest absolute Gasteiger partial charge is 0.467 e. The van der Waals surface area contributed by atoms with Crippen molar-refractivity contribution in [2.45, 2.75) is 26.3 Å². The highest BCUT2D eigenvalue weighted by molar-refractivity contribution is 7.78. The molecule has 1 atom stereocenters. The Labute approximate surface area is 108 Å². The van der Waals surface area contributed by atoms with Crippen LogP contribution in [0, 0.1) is 0 Å². The van der Waals surface area contributed by atoms with Crippen LogP contribution in [0.4, 0.5) is 0 Å². The molecule has 0 aliphatic heterocycles. The third-order valence-electron chi connectivity index (χ3n) is 2.19. The van der Waals surface area contributed by atoms with Crippen LogP contribution in [-0.2, 0) is 15.1 Å². The number of esters is 1. The fourth-order valence-corrected chi connectivity index (χ4v) is 1.46. The highest BCUT2D eigenvalue weighted by Gasteiger charge is 2.35. The molecule has 0 spiro atoms. The van der Waals surface area contributed by atoms with Crippen molar-refractivity contribution >= 4 is 23.3 Å². The van der Waals surface area contributed by atoms with Crippen LogP contribution in [0.5, 0.6) is 0 Å². The fourth-order valence-electron chi connectivity index (χ4n) is 1.28. The lowest BCUT2D eigenvalue weighted by atomic mass is 9.93. The van der Waals surface area contributed by atoms with Crippen molar-refractivity contribution < 1.29 is 9.53 Å². The number of rotatable bonds is 3. The molecule has 0 aliphatic carbocycles. The highest BCUT2D eigenvalue weighted by Crippen LogP contribution is 2.26. The van der Waals surface area contributed by atoms with Crippen molar-refractivity contribution in [2.75, 3.05) is 7.11 Å². The zero-order valence-electron chi connectivity index (χ0n) is 10.6. The summed E-state index contributed by atoms with van der Waals surface area (Å²) in [4.78, 5) is 15.5. The van der Waals surface area contributed by atoms with E-state index >= 15 is 0 Å². The molecule has 3 nitrogen and oxygen atoms in total. The number of carbonyl (C=O) groups excluding carboxylic acids is 1. The Hall–Kier alpha value is -1.51.